The van der Waals surface area contributed by atoms with Gasteiger partial charge < -0.3 is 10.4 Å². The Kier molecular flexibility index (Phi) is 5.07. The van der Waals surface area contributed by atoms with Gasteiger partial charge in [-0.05, 0) is 25.2 Å². The van der Waals surface area contributed by atoms with Crippen LogP contribution < -0.4 is 5.32 Å². The zero-order valence-electron chi connectivity index (χ0n) is 10.6. The fraction of sp³-hybridized carbons (Fsp3) is 1.00. The van der Waals surface area contributed by atoms with Crippen molar-refractivity contribution in [3.8, 4) is 0 Å². The number of aliphatic hydroxyl groups is 1. The summed E-state index contributed by atoms with van der Waals surface area (Å²) in [5.74, 6) is 0.873. The molecule has 0 radical (unpaired) electrons. The molecule has 0 aliphatic heterocycles. The number of rotatable bonds is 5. The first-order valence-electron chi connectivity index (χ1n) is 6.44. The molecule has 3 unspecified atom stereocenters. The number of aliphatic hydroxyl groups excluding tert-OH is 1. The van der Waals surface area contributed by atoms with E-state index in [4.69, 9.17) is 0 Å². The van der Waals surface area contributed by atoms with Crippen LogP contribution in [0.3, 0.4) is 0 Å². The third-order valence-electron chi connectivity index (χ3n) is 3.99. The molecular formula is C13H27NO. The Bertz CT molecular complexity index is 177. The van der Waals surface area contributed by atoms with Crippen LogP contribution in [0.2, 0.25) is 0 Å². The minimum atomic E-state index is 0.0701. The van der Waals surface area contributed by atoms with Crippen molar-refractivity contribution < 1.29 is 5.11 Å². The summed E-state index contributed by atoms with van der Waals surface area (Å²) >= 11 is 0. The summed E-state index contributed by atoms with van der Waals surface area (Å²) < 4.78 is 0. The molecule has 3 atom stereocenters. The molecule has 0 spiro atoms. The Hall–Kier alpha value is -0.0800. The van der Waals surface area contributed by atoms with Gasteiger partial charge in [0.25, 0.3) is 0 Å². The first kappa shape index (κ1) is 13.0. The van der Waals surface area contributed by atoms with Crippen molar-refractivity contribution in [2.24, 2.45) is 11.3 Å². The summed E-state index contributed by atoms with van der Waals surface area (Å²) in [7, 11) is 0. The molecule has 15 heavy (non-hydrogen) atoms. The molecule has 0 bridgehead atoms. The monoisotopic (exact) mass is 213 g/mol. The Balaban J connectivity index is 2.29. The van der Waals surface area contributed by atoms with Gasteiger partial charge in [0.2, 0.25) is 0 Å². The van der Waals surface area contributed by atoms with Gasteiger partial charge in [-0.2, -0.15) is 0 Å². The van der Waals surface area contributed by atoms with Crippen LogP contribution in [-0.4, -0.2) is 24.3 Å². The molecule has 0 heterocycles. The van der Waals surface area contributed by atoms with E-state index in [0.717, 1.165) is 18.9 Å². The Morgan fingerprint density at radius 3 is 2.67 bits per heavy atom. The molecule has 0 aromatic carbocycles. The van der Waals surface area contributed by atoms with E-state index < -0.39 is 0 Å². The highest BCUT2D eigenvalue weighted by Crippen LogP contribution is 2.25. The molecule has 2 nitrogen and oxygen atoms in total. The van der Waals surface area contributed by atoms with Crippen LogP contribution >= 0.6 is 0 Å². The second-order valence-corrected chi connectivity index (χ2v) is 5.67. The normalized spacial score (nSPS) is 31.2. The van der Waals surface area contributed by atoms with Crippen LogP contribution in [0, 0.1) is 11.3 Å². The fourth-order valence-electron chi connectivity index (χ4n) is 2.30. The third-order valence-corrected chi connectivity index (χ3v) is 3.99. The molecule has 1 aliphatic rings. The first-order valence-corrected chi connectivity index (χ1v) is 6.44. The molecule has 0 saturated heterocycles. The summed E-state index contributed by atoms with van der Waals surface area (Å²) in [4.78, 5) is 0. The van der Waals surface area contributed by atoms with Crippen LogP contribution in [0.4, 0.5) is 0 Å². The van der Waals surface area contributed by atoms with Crippen molar-refractivity contribution in [3.63, 3.8) is 0 Å². The maximum absolute atomic E-state index is 9.33. The lowest BCUT2D eigenvalue weighted by Crippen LogP contribution is -2.41. The van der Waals surface area contributed by atoms with E-state index in [9.17, 15) is 5.11 Å². The van der Waals surface area contributed by atoms with E-state index in [0.29, 0.717) is 12.6 Å². The van der Waals surface area contributed by atoms with Gasteiger partial charge in [-0.15, -0.1) is 0 Å². The van der Waals surface area contributed by atoms with Gasteiger partial charge in [-0.3, -0.25) is 0 Å². The van der Waals surface area contributed by atoms with Gasteiger partial charge in [0.05, 0.1) is 0 Å². The highest BCUT2D eigenvalue weighted by atomic mass is 16.3. The molecule has 1 rings (SSSR count). The largest absolute Gasteiger partial charge is 0.396 e. The van der Waals surface area contributed by atoms with Crippen molar-refractivity contribution in [2.75, 3.05) is 13.2 Å². The zero-order valence-corrected chi connectivity index (χ0v) is 10.6. The predicted molar refractivity (Wildman–Crippen MR) is 64.9 cm³/mol. The highest BCUT2D eigenvalue weighted by Gasteiger charge is 2.24. The predicted octanol–water partition coefficient (Wildman–Crippen LogP) is 2.56. The van der Waals surface area contributed by atoms with Crippen LogP contribution in [0.1, 0.15) is 52.9 Å². The average Bonchev–Trinajstić information content (AvgIpc) is 2.26. The summed E-state index contributed by atoms with van der Waals surface area (Å²) in [6.07, 6.45) is 6.42. The van der Waals surface area contributed by atoms with E-state index in [-0.39, 0.29) is 5.41 Å². The maximum atomic E-state index is 9.33. The lowest BCUT2D eigenvalue weighted by atomic mass is 9.84. The average molecular weight is 213 g/mol. The number of hydrogen-bond donors (Lipinski definition) is 2. The molecule has 2 heteroatoms. The summed E-state index contributed by atoms with van der Waals surface area (Å²) in [5, 5.41) is 13.0. The molecule has 0 amide bonds. The molecular weight excluding hydrogens is 186 g/mol. The van der Waals surface area contributed by atoms with E-state index in [1.807, 2.05) is 0 Å². The molecule has 0 aromatic heterocycles. The van der Waals surface area contributed by atoms with E-state index in [1.165, 1.54) is 25.7 Å². The van der Waals surface area contributed by atoms with Crippen LogP contribution in [0.15, 0.2) is 0 Å². The van der Waals surface area contributed by atoms with Crippen molar-refractivity contribution in [1.82, 2.24) is 5.32 Å². The Morgan fingerprint density at radius 1 is 1.40 bits per heavy atom. The van der Waals surface area contributed by atoms with Gasteiger partial charge >= 0.3 is 0 Å². The van der Waals surface area contributed by atoms with Crippen LogP contribution in [0.25, 0.3) is 0 Å². The smallest absolute Gasteiger partial charge is 0.0496 e. The first-order chi connectivity index (χ1) is 7.09. The number of nitrogens with one attached hydrogen (secondary N) is 1. The summed E-state index contributed by atoms with van der Waals surface area (Å²) in [6, 6.07) is 0.686. The molecule has 1 saturated carbocycles. The second-order valence-electron chi connectivity index (χ2n) is 5.67. The maximum Gasteiger partial charge on any atom is 0.0496 e. The second kappa shape index (κ2) is 5.86. The van der Waals surface area contributed by atoms with Crippen molar-refractivity contribution >= 4 is 0 Å². The topological polar surface area (TPSA) is 32.3 Å². The quantitative estimate of drug-likeness (QED) is 0.735. The summed E-state index contributed by atoms with van der Waals surface area (Å²) in [5.41, 5.74) is 0.0701. The lowest BCUT2D eigenvalue weighted by Gasteiger charge is -2.32. The third kappa shape index (κ3) is 4.12. The van der Waals surface area contributed by atoms with E-state index in [1.54, 1.807) is 0 Å². The minimum Gasteiger partial charge on any atom is -0.396 e. The van der Waals surface area contributed by atoms with Crippen LogP contribution in [0.5, 0.6) is 0 Å². The molecule has 1 aliphatic carbocycles. The van der Waals surface area contributed by atoms with Crippen molar-refractivity contribution in [1.29, 1.82) is 0 Å². The van der Waals surface area contributed by atoms with Crippen molar-refractivity contribution in [3.05, 3.63) is 0 Å². The van der Waals surface area contributed by atoms with Crippen molar-refractivity contribution in [2.45, 2.75) is 58.9 Å². The number of hydrogen-bond acceptors (Lipinski definition) is 2. The van der Waals surface area contributed by atoms with E-state index >= 15 is 0 Å². The molecule has 1 fully saturated rings. The summed E-state index contributed by atoms with van der Waals surface area (Å²) in [6.45, 7) is 7.91. The van der Waals surface area contributed by atoms with Gasteiger partial charge in [-0.25, -0.2) is 0 Å². The lowest BCUT2D eigenvalue weighted by molar-refractivity contribution is 0.127. The van der Waals surface area contributed by atoms with Gasteiger partial charge in [0.1, 0.15) is 0 Å². The van der Waals surface area contributed by atoms with Gasteiger partial charge in [0, 0.05) is 24.6 Å². The Labute approximate surface area is 94.5 Å². The zero-order chi connectivity index (χ0) is 11.3. The van der Waals surface area contributed by atoms with Crippen LogP contribution in [-0.2, 0) is 0 Å². The van der Waals surface area contributed by atoms with E-state index in [2.05, 4.69) is 26.1 Å². The fourth-order valence-corrected chi connectivity index (χ4v) is 2.30. The SMILES string of the molecule is CCC(C)(CO)CNC1CCCC(C)C1. The standard InChI is InChI=1S/C13H27NO/c1-4-13(3,10-15)9-14-12-7-5-6-11(2)8-12/h11-12,14-15H,4-10H2,1-3H3. The molecule has 0 aromatic rings. The van der Waals surface area contributed by atoms with Gasteiger partial charge in [0.15, 0.2) is 0 Å². The minimum absolute atomic E-state index is 0.0701. The Morgan fingerprint density at radius 2 is 2.13 bits per heavy atom. The highest BCUT2D eigenvalue weighted by molar-refractivity contribution is 4.80. The van der Waals surface area contributed by atoms with Gasteiger partial charge in [-0.1, -0.05) is 33.6 Å². The molecule has 90 valence electrons. The molecule has 2 N–H and O–H groups in total.